The first-order chi connectivity index (χ1) is 6.79. The van der Waals surface area contributed by atoms with Crippen molar-refractivity contribution >= 4 is 17.7 Å². The lowest BCUT2D eigenvalue weighted by Gasteiger charge is -2.24. The van der Waals surface area contributed by atoms with Gasteiger partial charge in [0.1, 0.15) is 5.03 Å². The van der Waals surface area contributed by atoms with Crippen LogP contribution in [0.5, 0.6) is 0 Å². The smallest absolute Gasteiger partial charge is 0.223 e. The molecule has 0 aromatic carbocycles. The fraction of sp³-hybridized carbons (Fsp3) is 0.500. The molecule has 0 atom stereocenters. The zero-order valence-corrected chi connectivity index (χ0v) is 8.47. The molecule has 4 nitrogen and oxygen atoms in total. The minimum Gasteiger partial charge on any atom is -0.379 e. The van der Waals surface area contributed by atoms with Crippen LogP contribution >= 0.6 is 11.8 Å². The Morgan fingerprint density at radius 1 is 1.64 bits per heavy atom. The van der Waals surface area contributed by atoms with Crippen molar-refractivity contribution in [2.75, 3.05) is 25.6 Å². The number of nitrogens with one attached hydrogen (secondary N) is 1. The van der Waals surface area contributed by atoms with Crippen LogP contribution in [-0.2, 0) is 4.74 Å². The highest BCUT2D eigenvalue weighted by Crippen LogP contribution is 2.28. The molecule has 2 rings (SSSR count). The molecule has 76 valence electrons. The van der Waals surface area contributed by atoms with Gasteiger partial charge in [0.15, 0.2) is 5.82 Å². The van der Waals surface area contributed by atoms with Gasteiger partial charge in [-0.05, 0) is 0 Å². The van der Waals surface area contributed by atoms with Gasteiger partial charge >= 0.3 is 0 Å². The van der Waals surface area contributed by atoms with E-state index in [1.807, 2.05) is 0 Å². The van der Waals surface area contributed by atoms with Crippen molar-refractivity contribution in [2.24, 2.45) is 0 Å². The van der Waals surface area contributed by atoms with Crippen molar-refractivity contribution in [3.8, 4) is 0 Å². The topological polar surface area (TPSA) is 47.0 Å². The predicted molar refractivity (Wildman–Crippen MR) is 52.0 cm³/mol. The Morgan fingerprint density at radius 2 is 2.43 bits per heavy atom. The molecule has 0 bridgehead atoms. The number of thioether (sulfide) groups is 1. The summed E-state index contributed by atoms with van der Waals surface area (Å²) in [4.78, 5) is 7.79. The molecule has 0 aliphatic carbocycles. The first-order valence-electron chi connectivity index (χ1n) is 4.24. The molecule has 0 spiro atoms. The minimum absolute atomic E-state index is 0.323. The predicted octanol–water partition coefficient (Wildman–Crippen LogP) is 1.15. The summed E-state index contributed by atoms with van der Waals surface area (Å²) < 4.78 is 18.2. The number of anilines is 1. The van der Waals surface area contributed by atoms with E-state index in [9.17, 15) is 4.39 Å². The Morgan fingerprint density at radius 3 is 3.00 bits per heavy atom. The third kappa shape index (κ3) is 1.96. The van der Waals surface area contributed by atoms with Crippen molar-refractivity contribution in [3.63, 3.8) is 0 Å². The van der Waals surface area contributed by atoms with Gasteiger partial charge in [-0.3, -0.25) is 0 Å². The molecule has 6 heteroatoms. The van der Waals surface area contributed by atoms with Crippen molar-refractivity contribution < 1.29 is 9.13 Å². The largest absolute Gasteiger partial charge is 0.379 e. The van der Waals surface area contributed by atoms with Gasteiger partial charge in [-0.25, -0.2) is 14.4 Å². The quantitative estimate of drug-likeness (QED) is 0.766. The monoisotopic (exact) mass is 215 g/mol. The van der Waals surface area contributed by atoms with Gasteiger partial charge < -0.3 is 10.1 Å². The van der Waals surface area contributed by atoms with E-state index in [-0.39, 0.29) is 5.82 Å². The van der Waals surface area contributed by atoms with Gasteiger partial charge in [0, 0.05) is 7.05 Å². The zero-order chi connectivity index (χ0) is 9.97. The van der Waals surface area contributed by atoms with E-state index in [2.05, 4.69) is 15.3 Å². The van der Waals surface area contributed by atoms with E-state index in [1.165, 1.54) is 18.0 Å². The van der Waals surface area contributed by atoms with Crippen LogP contribution in [0.15, 0.2) is 11.2 Å². The minimum atomic E-state index is -0.374. The molecule has 1 aliphatic heterocycles. The number of aromatic nitrogens is 2. The van der Waals surface area contributed by atoms with Crippen LogP contribution < -0.4 is 5.32 Å². The Labute approximate surface area is 85.3 Å². The molecule has 14 heavy (non-hydrogen) atoms. The van der Waals surface area contributed by atoms with Gasteiger partial charge in [0.25, 0.3) is 0 Å². The first kappa shape index (κ1) is 9.67. The summed E-state index contributed by atoms with van der Waals surface area (Å²) in [6, 6.07) is 0. The zero-order valence-electron chi connectivity index (χ0n) is 7.66. The van der Waals surface area contributed by atoms with Gasteiger partial charge in [-0.2, -0.15) is 0 Å². The maximum absolute atomic E-state index is 13.2. The van der Waals surface area contributed by atoms with Gasteiger partial charge in [-0.1, -0.05) is 11.8 Å². The van der Waals surface area contributed by atoms with Crippen molar-refractivity contribution in [1.82, 2.24) is 9.97 Å². The molecule has 0 radical (unpaired) electrons. The van der Waals surface area contributed by atoms with Crippen LogP contribution in [0, 0.1) is 5.82 Å². The van der Waals surface area contributed by atoms with E-state index >= 15 is 0 Å². The molecular weight excluding hydrogens is 205 g/mol. The molecule has 0 saturated carbocycles. The number of hydrogen-bond acceptors (Lipinski definition) is 5. The highest BCUT2D eigenvalue weighted by Gasteiger charge is 2.22. The molecule has 0 unspecified atom stereocenters. The lowest BCUT2D eigenvalue weighted by atomic mass is 10.4. The fourth-order valence-electron chi connectivity index (χ4n) is 0.995. The van der Waals surface area contributed by atoms with Crippen molar-refractivity contribution in [1.29, 1.82) is 0 Å². The number of nitrogens with zero attached hydrogens (tertiary/aromatic N) is 2. The molecule has 1 fully saturated rings. The average Bonchev–Trinajstić information content (AvgIpc) is 2.14. The number of halogens is 1. The second-order valence-electron chi connectivity index (χ2n) is 2.87. The second kappa shape index (κ2) is 4.10. The molecule has 1 aromatic heterocycles. The maximum atomic E-state index is 13.2. The van der Waals surface area contributed by atoms with Crippen LogP contribution in [0.2, 0.25) is 0 Å². The maximum Gasteiger partial charge on any atom is 0.223 e. The van der Waals surface area contributed by atoms with Crippen LogP contribution in [0.3, 0.4) is 0 Å². The molecular formula is C8H10FN3OS. The lowest BCUT2D eigenvalue weighted by Crippen LogP contribution is -2.30. The molecule has 0 amide bonds. The summed E-state index contributed by atoms with van der Waals surface area (Å²) in [5.74, 6) is 0.0649. The summed E-state index contributed by atoms with van der Waals surface area (Å²) >= 11 is 1.40. The van der Waals surface area contributed by atoms with E-state index in [4.69, 9.17) is 4.74 Å². The van der Waals surface area contributed by atoms with Crippen LogP contribution in [0.25, 0.3) is 0 Å². The van der Waals surface area contributed by atoms with Crippen LogP contribution in [0.4, 0.5) is 10.3 Å². The van der Waals surface area contributed by atoms with Gasteiger partial charge in [0.2, 0.25) is 5.95 Å². The highest BCUT2D eigenvalue weighted by molar-refractivity contribution is 8.00. The van der Waals surface area contributed by atoms with Crippen LogP contribution in [-0.4, -0.2) is 35.5 Å². The Hall–Kier alpha value is -0.880. The van der Waals surface area contributed by atoms with E-state index < -0.39 is 0 Å². The second-order valence-corrected chi connectivity index (χ2v) is 4.16. The standard InChI is InChI=1S/C8H10FN3OS/c1-10-8-11-2-6(9)7(12-8)14-5-3-13-4-5/h2,5H,3-4H2,1H3,(H,10,11,12). The normalized spacial score (nSPS) is 16.4. The molecule has 1 saturated heterocycles. The summed E-state index contributed by atoms with van der Waals surface area (Å²) in [6.07, 6.45) is 1.18. The fourth-order valence-corrected chi connectivity index (χ4v) is 1.94. The van der Waals surface area contributed by atoms with E-state index in [1.54, 1.807) is 7.05 Å². The Balaban J connectivity index is 2.13. The van der Waals surface area contributed by atoms with Gasteiger partial charge in [0.05, 0.1) is 24.7 Å². The van der Waals surface area contributed by atoms with Crippen molar-refractivity contribution in [2.45, 2.75) is 10.3 Å². The SMILES string of the molecule is CNc1ncc(F)c(SC2COC2)n1. The molecule has 1 aliphatic rings. The molecule has 2 heterocycles. The summed E-state index contributed by atoms with van der Waals surface area (Å²) in [5, 5.41) is 3.48. The number of rotatable bonds is 3. The van der Waals surface area contributed by atoms with Gasteiger partial charge in [-0.15, -0.1) is 0 Å². The summed E-state index contributed by atoms with van der Waals surface area (Å²) in [5.41, 5.74) is 0. The molecule has 1 N–H and O–H groups in total. The lowest BCUT2D eigenvalue weighted by molar-refractivity contribution is 0.0454. The van der Waals surface area contributed by atoms with Crippen LogP contribution in [0.1, 0.15) is 0 Å². The Kier molecular flexibility index (Phi) is 2.83. The highest BCUT2D eigenvalue weighted by atomic mass is 32.2. The number of ether oxygens (including phenoxy) is 1. The van der Waals surface area contributed by atoms with E-state index in [0.717, 1.165) is 0 Å². The summed E-state index contributed by atoms with van der Waals surface area (Å²) in [7, 11) is 1.70. The van der Waals surface area contributed by atoms with E-state index in [0.29, 0.717) is 29.4 Å². The third-order valence-electron chi connectivity index (χ3n) is 1.82. The van der Waals surface area contributed by atoms with Crippen molar-refractivity contribution in [3.05, 3.63) is 12.0 Å². The Bertz CT molecular complexity index is 332. The number of hydrogen-bond donors (Lipinski definition) is 1. The first-order valence-corrected chi connectivity index (χ1v) is 5.12. The third-order valence-corrected chi connectivity index (χ3v) is 2.94. The molecule has 1 aromatic rings. The summed E-state index contributed by atoms with van der Waals surface area (Å²) in [6.45, 7) is 1.34. The average molecular weight is 215 g/mol.